The number of hydrogen-bond donors (Lipinski definition) is 1. The van der Waals surface area contributed by atoms with E-state index in [1.165, 1.54) is 0 Å². The second kappa shape index (κ2) is 4.83. The zero-order valence-corrected chi connectivity index (χ0v) is 8.40. The number of amides is 2. The molecule has 1 heterocycles. The van der Waals surface area contributed by atoms with Crippen LogP contribution in [0.2, 0.25) is 0 Å². The molecular weight excluding hydrogens is 184 g/mol. The number of urea groups is 1. The van der Waals surface area contributed by atoms with Crippen molar-refractivity contribution in [2.24, 2.45) is 0 Å². The zero-order valence-electron chi connectivity index (χ0n) is 8.40. The van der Waals surface area contributed by atoms with Crippen LogP contribution in [0.15, 0.2) is 0 Å². The van der Waals surface area contributed by atoms with Crippen LogP contribution in [0, 0.1) is 0 Å². The number of carbonyl (C=O) groups excluding carboxylic acids is 1. The van der Waals surface area contributed by atoms with Gasteiger partial charge in [0.2, 0.25) is 0 Å². The molecule has 0 radical (unpaired) electrons. The minimum atomic E-state index is -0.803. The van der Waals surface area contributed by atoms with E-state index in [1.54, 1.807) is 16.8 Å². The highest BCUT2D eigenvalue weighted by atomic mass is 16.4. The van der Waals surface area contributed by atoms with Crippen molar-refractivity contribution in [2.75, 3.05) is 26.7 Å². The first-order chi connectivity index (χ1) is 6.61. The zero-order chi connectivity index (χ0) is 10.6. The SMILES string of the molecule is CN1CCCN(CCCC(=O)O)C1=O. The lowest BCUT2D eigenvalue weighted by Crippen LogP contribution is -2.47. The Morgan fingerprint density at radius 3 is 2.86 bits per heavy atom. The van der Waals surface area contributed by atoms with Crippen molar-refractivity contribution in [3.8, 4) is 0 Å². The molecule has 5 nitrogen and oxygen atoms in total. The molecule has 1 N–H and O–H groups in total. The van der Waals surface area contributed by atoms with E-state index in [1.807, 2.05) is 0 Å². The number of carboxylic acid groups (broad SMARTS) is 1. The maximum Gasteiger partial charge on any atom is 0.319 e. The summed E-state index contributed by atoms with van der Waals surface area (Å²) in [6.45, 7) is 2.10. The Morgan fingerprint density at radius 1 is 1.50 bits per heavy atom. The van der Waals surface area contributed by atoms with Gasteiger partial charge in [-0.2, -0.15) is 0 Å². The molecule has 1 rings (SSSR count). The average Bonchev–Trinajstić information content (AvgIpc) is 2.12. The molecule has 1 saturated heterocycles. The molecule has 1 aliphatic heterocycles. The molecule has 0 aromatic heterocycles. The quantitative estimate of drug-likeness (QED) is 0.723. The number of hydrogen-bond acceptors (Lipinski definition) is 2. The average molecular weight is 200 g/mol. The smallest absolute Gasteiger partial charge is 0.319 e. The third kappa shape index (κ3) is 2.90. The second-order valence-corrected chi connectivity index (χ2v) is 3.54. The standard InChI is InChI=1S/C9H16N2O3/c1-10-5-3-7-11(9(10)14)6-2-4-8(12)13/h2-7H2,1H3,(H,12,13). The minimum absolute atomic E-state index is 0.0154. The van der Waals surface area contributed by atoms with Gasteiger partial charge < -0.3 is 14.9 Å². The molecule has 0 spiro atoms. The normalized spacial score (nSPS) is 17.4. The molecule has 5 heteroatoms. The van der Waals surface area contributed by atoms with Crippen LogP contribution < -0.4 is 0 Å². The molecule has 0 aliphatic carbocycles. The van der Waals surface area contributed by atoms with Crippen LogP contribution in [0.3, 0.4) is 0 Å². The van der Waals surface area contributed by atoms with Gasteiger partial charge in [-0.25, -0.2) is 4.79 Å². The Balaban J connectivity index is 2.29. The fourth-order valence-electron chi connectivity index (χ4n) is 1.56. The predicted octanol–water partition coefficient (Wildman–Crippen LogP) is 0.609. The summed E-state index contributed by atoms with van der Waals surface area (Å²) >= 11 is 0. The van der Waals surface area contributed by atoms with Gasteiger partial charge in [-0.15, -0.1) is 0 Å². The number of rotatable bonds is 4. The lowest BCUT2D eigenvalue weighted by molar-refractivity contribution is -0.137. The summed E-state index contributed by atoms with van der Waals surface area (Å²) in [4.78, 5) is 25.2. The summed E-state index contributed by atoms with van der Waals surface area (Å²) in [6, 6.07) is 0.0154. The molecule has 0 aromatic rings. The van der Waals surface area contributed by atoms with Crippen molar-refractivity contribution >= 4 is 12.0 Å². The first-order valence-electron chi connectivity index (χ1n) is 4.83. The Kier molecular flexibility index (Phi) is 3.73. The summed E-state index contributed by atoms with van der Waals surface area (Å²) < 4.78 is 0. The first-order valence-corrected chi connectivity index (χ1v) is 4.83. The largest absolute Gasteiger partial charge is 0.481 e. The van der Waals surface area contributed by atoms with E-state index in [-0.39, 0.29) is 12.5 Å². The Hall–Kier alpha value is -1.26. The molecule has 0 aromatic carbocycles. The van der Waals surface area contributed by atoms with Crippen molar-refractivity contribution in [1.82, 2.24) is 9.80 Å². The van der Waals surface area contributed by atoms with Gasteiger partial charge in [-0.1, -0.05) is 0 Å². The second-order valence-electron chi connectivity index (χ2n) is 3.54. The van der Waals surface area contributed by atoms with Gasteiger partial charge >= 0.3 is 12.0 Å². The van der Waals surface area contributed by atoms with E-state index in [4.69, 9.17) is 5.11 Å². The molecule has 2 amide bonds. The van der Waals surface area contributed by atoms with Crippen LogP contribution in [0.5, 0.6) is 0 Å². The van der Waals surface area contributed by atoms with Crippen LogP contribution in [0.1, 0.15) is 19.3 Å². The van der Waals surface area contributed by atoms with Crippen molar-refractivity contribution in [2.45, 2.75) is 19.3 Å². The lowest BCUT2D eigenvalue weighted by Gasteiger charge is -2.33. The molecule has 1 aliphatic rings. The van der Waals surface area contributed by atoms with Crippen molar-refractivity contribution in [3.63, 3.8) is 0 Å². The van der Waals surface area contributed by atoms with Crippen molar-refractivity contribution < 1.29 is 14.7 Å². The van der Waals surface area contributed by atoms with Crippen LogP contribution in [-0.2, 0) is 4.79 Å². The molecule has 80 valence electrons. The van der Waals surface area contributed by atoms with Gasteiger partial charge in [0.15, 0.2) is 0 Å². The number of carbonyl (C=O) groups is 2. The monoisotopic (exact) mass is 200 g/mol. The number of nitrogens with zero attached hydrogens (tertiary/aromatic N) is 2. The predicted molar refractivity (Wildman–Crippen MR) is 51.1 cm³/mol. The van der Waals surface area contributed by atoms with Gasteiger partial charge in [-0.05, 0) is 12.8 Å². The Bertz CT molecular complexity index is 230. The molecule has 0 bridgehead atoms. The Labute approximate surface area is 83.3 Å². The molecule has 0 saturated carbocycles. The summed E-state index contributed by atoms with van der Waals surface area (Å²) in [5.74, 6) is -0.803. The van der Waals surface area contributed by atoms with Crippen molar-refractivity contribution in [1.29, 1.82) is 0 Å². The maximum atomic E-state index is 11.5. The summed E-state index contributed by atoms with van der Waals surface area (Å²) in [5.41, 5.74) is 0. The third-order valence-corrected chi connectivity index (χ3v) is 2.34. The van der Waals surface area contributed by atoms with Gasteiger partial charge in [-0.3, -0.25) is 4.79 Å². The molecule has 14 heavy (non-hydrogen) atoms. The summed E-state index contributed by atoms with van der Waals surface area (Å²) in [7, 11) is 1.77. The molecule has 0 atom stereocenters. The molecular formula is C9H16N2O3. The third-order valence-electron chi connectivity index (χ3n) is 2.34. The number of carboxylic acids is 1. The molecule has 1 fully saturated rings. The highest BCUT2D eigenvalue weighted by Gasteiger charge is 2.21. The lowest BCUT2D eigenvalue weighted by atomic mass is 10.2. The van der Waals surface area contributed by atoms with Crippen molar-refractivity contribution in [3.05, 3.63) is 0 Å². The Morgan fingerprint density at radius 2 is 2.21 bits per heavy atom. The van der Waals surface area contributed by atoms with Gasteiger partial charge in [0.25, 0.3) is 0 Å². The fourth-order valence-corrected chi connectivity index (χ4v) is 1.56. The first kappa shape index (κ1) is 10.8. The van der Waals surface area contributed by atoms with E-state index in [9.17, 15) is 9.59 Å². The number of aliphatic carboxylic acids is 1. The maximum absolute atomic E-state index is 11.5. The topological polar surface area (TPSA) is 60.9 Å². The highest BCUT2D eigenvalue weighted by molar-refractivity contribution is 5.75. The van der Waals surface area contributed by atoms with Crippen LogP contribution in [-0.4, -0.2) is 53.6 Å². The van der Waals surface area contributed by atoms with Gasteiger partial charge in [0.1, 0.15) is 0 Å². The summed E-state index contributed by atoms with van der Waals surface area (Å²) in [5, 5.41) is 8.45. The van der Waals surface area contributed by atoms with E-state index in [2.05, 4.69) is 0 Å². The van der Waals surface area contributed by atoms with Gasteiger partial charge in [0.05, 0.1) is 0 Å². The fraction of sp³-hybridized carbons (Fsp3) is 0.778. The van der Waals surface area contributed by atoms with Crippen LogP contribution in [0.4, 0.5) is 4.79 Å². The molecule has 0 unspecified atom stereocenters. The van der Waals surface area contributed by atoms with E-state index >= 15 is 0 Å². The highest BCUT2D eigenvalue weighted by Crippen LogP contribution is 2.07. The van der Waals surface area contributed by atoms with Gasteiger partial charge in [0, 0.05) is 33.1 Å². The minimum Gasteiger partial charge on any atom is -0.481 e. The van der Waals surface area contributed by atoms with E-state index < -0.39 is 5.97 Å². The van der Waals surface area contributed by atoms with E-state index in [0.29, 0.717) is 13.0 Å². The van der Waals surface area contributed by atoms with Crippen LogP contribution >= 0.6 is 0 Å². The summed E-state index contributed by atoms with van der Waals surface area (Å²) in [6.07, 6.45) is 1.64. The van der Waals surface area contributed by atoms with Crippen LogP contribution in [0.25, 0.3) is 0 Å². The van der Waals surface area contributed by atoms with E-state index in [0.717, 1.165) is 19.5 Å².